The first kappa shape index (κ1) is 13.2. The number of benzene rings is 1. The van der Waals surface area contributed by atoms with Gasteiger partial charge in [-0.3, -0.25) is 9.59 Å². The van der Waals surface area contributed by atoms with Gasteiger partial charge >= 0.3 is 5.97 Å². The highest BCUT2D eigenvalue weighted by atomic mass is 16.5. The van der Waals surface area contributed by atoms with Gasteiger partial charge in [-0.1, -0.05) is 12.1 Å². The first-order chi connectivity index (χ1) is 7.99. The van der Waals surface area contributed by atoms with Crippen molar-refractivity contribution in [1.82, 2.24) is 0 Å². The topological polar surface area (TPSA) is 63.6 Å². The molecule has 4 nitrogen and oxygen atoms in total. The fraction of sp³-hybridized carbons (Fsp3) is 0.385. The molecular weight excluding hydrogens is 220 g/mol. The van der Waals surface area contributed by atoms with E-state index in [4.69, 9.17) is 9.84 Å². The molecule has 0 saturated carbocycles. The van der Waals surface area contributed by atoms with Crippen molar-refractivity contribution in [3.63, 3.8) is 0 Å². The van der Waals surface area contributed by atoms with E-state index >= 15 is 0 Å². The zero-order valence-corrected chi connectivity index (χ0v) is 9.97. The molecule has 1 rings (SSSR count). The van der Waals surface area contributed by atoms with Crippen LogP contribution in [0, 0.1) is 0 Å². The van der Waals surface area contributed by atoms with Crippen LogP contribution in [0.2, 0.25) is 0 Å². The van der Waals surface area contributed by atoms with E-state index in [1.165, 1.54) is 6.92 Å². The maximum absolute atomic E-state index is 11.4. The molecule has 1 aromatic carbocycles. The number of aromatic hydroxyl groups is 1. The van der Waals surface area contributed by atoms with Crippen molar-refractivity contribution in [2.24, 2.45) is 0 Å². The van der Waals surface area contributed by atoms with Gasteiger partial charge in [0, 0.05) is 6.42 Å². The van der Waals surface area contributed by atoms with E-state index in [-0.39, 0.29) is 23.9 Å². The molecular formula is C13H16O4. The average molecular weight is 236 g/mol. The number of carbonyl (C=O) groups excluding carboxylic acids is 2. The minimum absolute atomic E-state index is 0.164. The number of phenolic OH excluding ortho intramolecular Hbond substituents is 1. The third-order valence-electron chi connectivity index (χ3n) is 2.43. The molecule has 0 fully saturated rings. The zero-order chi connectivity index (χ0) is 12.8. The van der Waals surface area contributed by atoms with Crippen LogP contribution in [0.5, 0.6) is 5.75 Å². The number of ketones is 1. The molecule has 0 aliphatic heterocycles. The molecule has 17 heavy (non-hydrogen) atoms. The van der Waals surface area contributed by atoms with Gasteiger partial charge in [0.05, 0.1) is 0 Å². The van der Waals surface area contributed by atoms with Crippen LogP contribution in [0.4, 0.5) is 0 Å². The Hall–Kier alpha value is -1.84. The van der Waals surface area contributed by atoms with Crippen molar-refractivity contribution in [2.75, 3.05) is 0 Å². The lowest BCUT2D eigenvalue weighted by Crippen LogP contribution is -2.21. The lowest BCUT2D eigenvalue weighted by atomic mass is 10.1. The van der Waals surface area contributed by atoms with Gasteiger partial charge in [-0.15, -0.1) is 0 Å². The number of Topliss-reactive ketones (excluding diaryl/α,β-unsaturated/α-hetero) is 1. The predicted octanol–water partition coefficient (Wildman–Crippen LogP) is 1.85. The Bertz CT molecular complexity index is 394. The SMILES string of the molecule is CC(=O)C(C)OC(=O)CCc1ccc(O)cc1. The molecule has 0 aliphatic rings. The Morgan fingerprint density at radius 1 is 1.29 bits per heavy atom. The summed E-state index contributed by atoms with van der Waals surface area (Å²) < 4.78 is 4.92. The Kier molecular flexibility index (Phi) is 4.69. The van der Waals surface area contributed by atoms with Crippen molar-refractivity contribution in [2.45, 2.75) is 32.8 Å². The molecule has 0 radical (unpaired) electrons. The third kappa shape index (κ3) is 4.68. The van der Waals surface area contributed by atoms with Crippen LogP contribution in [-0.4, -0.2) is 23.0 Å². The molecule has 1 N–H and O–H groups in total. The number of aryl methyl sites for hydroxylation is 1. The smallest absolute Gasteiger partial charge is 0.306 e. The highest BCUT2D eigenvalue weighted by Gasteiger charge is 2.13. The zero-order valence-electron chi connectivity index (χ0n) is 9.97. The second-order valence-corrected chi connectivity index (χ2v) is 3.91. The van der Waals surface area contributed by atoms with Crippen molar-refractivity contribution in [1.29, 1.82) is 0 Å². The molecule has 0 saturated heterocycles. The van der Waals surface area contributed by atoms with Crippen molar-refractivity contribution < 1.29 is 19.4 Å². The maximum Gasteiger partial charge on any atom is 0.306 e. The standard InChI is InChI=1S/C13H16O4/c1-9(14)10(2)17-13(16)8-5-11-3-6-12(15)7-4-11/h3-4,6-7,10,15H,5,8H2,1-2H3. The van der Waals surface area contributed by atoms with E-state index in [0.29, 0.717) is 6.42 Å². The van der Waals surface area contributed by atoms with Crippen LogP contribution in [0.1, 0.15) is 25.8 Å². The van der Waals surface area contributed by atoms with Gasteiger partial charge in [0.2, 0.25) is 0 Å². The number of carbonyl (C=O) groups is 2. The summed E-state index contributed by atoms with van der Waals surface area (Å²) >= 11 is 0. The molecule has 0 aliphatic carbocycles. The maximum atomic E-state index is 11.4. The number of hydrogen-bond acceptors (Lipinski definition) is 4. The summed E-state index contributed by atoms with van der Waals surface area (Å²) in [7, 11) is 0. The van der Waals surface area contributed by atoms with Gasteiger partial charge in [-0.25, -0.2) is 0 Å². The minimum atomic E-state index is -0.678. The van der Waals surface area contributed by atoms with Crippen molar-refractivity contribution in [3.8, 4) is 5.75 Å². The van der Waals surface area contributed by atoms with Gasteiger partial charge in [-0.2, -0.15) is 0 Å². The Morgan fingerprint density at radius 3 is 2.41 bits per heavy atom. The van der Waals surface area contributed by atoms with E-state index in [2.05, 4.69) is 0 Å². The molecule has 4 heteroatoms. The summed E-state index contributed by atoms with van der Waals surface area (Å²) in [6.07, 6.45) is 0.0777. The molecule has 0 spiro atoms. The number of ether oxygens (including phenoxy) is 1. The molecule has 1 unspecified atom stereocenters. The van der Waals surface area contributed by atoms with E-state index in [1.54, 1.807) is 31.2 Å². The van der Waals surface area contributed by atoms with Gasteiger partial charge in [-0.05, 0) is 38.0 Å². The largest absolute Gasteiger partial charge is 0.508 e. The molecule has 0 aromatic heterocycles. The van der Waals surface area contributed by atoms with Crippen LogP contribution in [0.15, 0.2) is 24.3 Å². The summed E-state index contributed by atoms with van der Waals surface area (Å²) in [6.45, 7) is 2.94. The van der Waals surface area contributed by atoms with Crippen LogP contribution in [0.3, 0.4) is 0 Å². The van der Waals surface area contributed by atoms with Gasteiger partial charge in [0.1, 0.15) is 5.75 Å². The average Bonchev–Trinajstić information content (AvgIpc) is 2.28. The van der Waals surface area contributed by atoms with Crippen molar-refractivity contribution in [3.05, 3.63) is 29.8 Å². The molecule has 1 atom stereocenters. The summed E-state index contributed by atoms with van der Waals surface area (Å²) in [5.74, 6) is -0.356. The number of esters is 1. The van der Waals surface area contributed by atoms with Crippen LogP contribution >= 0.6 is 0 Å². The van der Waals surface area contributed by atoms with E-state index in [0.717, 1.165) is 5.56 Å². The highest BCUT2D eigenvalue weighted by Crippen LogP contribution is 2.11. The van der Waals surface area contributed by atoms with Crippen LogP contribution in [-0.2, 0) is 20.7 Å². The number of rotatable bonds is 5. The molecule has 1 aromatic rings. The summed E-state index contributed by atoms with van der Waals surface area (Å²) in [4.78, 5) is 22.3. The second-order valence-electron chi connectivity index (χ2n) is 3.91. The Morgan fingerprint density at radius 2 is 1.88 bits per heavy atom. The molecule has 92 valence electrons. The Balaban J connectivity index is 2.38. The Labute approximate surface area is 100 Å². The minimum Gasteiger partial charge on any atom is -0.508 e. The fourth-order valence-electron chi connectivity index (χ4n) is 1.25. The highest BCUT2D eigenvalue weighted by molar-refractivity contribution is 5.83. The number of hydrogen-bond donors (Lipinski definition) is 1. The summed E-state index contributed by atoms with van der Waals surface area (Å²) in [5.41, 5.74) is 0.940. The fourth-order valence-corrected chi connectivity index (χ4v) is 1.25. The summed E-state index contributed by atoms with van der Waals surface area (Å²) in [5, 5.41) is 9.08. The van der Waals surface area contributed by atoms with Gasteiger partial charge in [0.15, 0.2) is 11.9 Å². The molecule has 0 heterocycles. The van der Waals surface area contributed by atoms with Gasteiger partial charge < -0.3 is 9.84 Å². The van der Waals surface area contributed by atoms with E-state index in [1.807, 2.05) is 0 Å². The monoisotopic (exact) mass is 236 g/mol. The predicted molar refractivity (Wildman–Crippen MR) is 62.7 cm³/mol. The third-order valence-corrected chi connectivity index (χ3v) is 2.43. The lowest BCUT2D eigenvalue weighted by Gasteiger charge is -2.09. The van der Waals surface area contributed by atoms with Gasteiger partial charge in [0.25, 0.3) is 0 Å². The number of phenols is 1. The normalized spacial score (nSPS) is 11.9. The van der Waals surface area contributed by atoms with Crippen LogP contribution in [0.25, 0.3) is 0 Å². The van der Waals surface area contributed by atoms with Crippen LogP contribution < -0.4 is 0 Å². The lowest BCUT2D eigenvalue weighted by molar-refractivity contribution is -0.153. The quantitative estimate of drug-likeness (QED) is 0.792. The van der Waals surface area contributed by atoms with E-state index < -0.39 is 6.10 Å². The van der Waals surface area contributed by atoms with Crippen molar-refractivity contribution >= 4 is 11.8 Å². The van der Waals surface area contributed by atoms with E-state index in [9.17, 15) is 9.59 Å². The first-order valence-corrected chi connectivity index (χ1v) is 5.47. The first-order valence-electron chi connectivity index (χ1n) is 5.47. The molecule has 0 amide bonds. The molecule has 0 bridgehead atoms. The second kappa shape index (κ2) is 6.03. The summed E-state index contributed by atoms with van der Waals surface area (Å²) in [6, 6.07) is 6.63.